The lowest BCUT2D eigenvalue weighted by molar-refractivity contribution is 0.419. The highest BCUT2D eigenvalue weighted by Gasteiger charge is 2.10. The van der Waals surface area contributed by atoms with E-state index in [9.17, 15) is 0 Å². The Bertz CT molecular complexity index is 477. The Morgan fingerprint density at radius 3 is 3.06 bits per heavy atom. The molecule has 1 aliphatic carbocycles. The maximum absolute atomic E-state index is 4.79. The van der Waals surface area contributed by atoms with E-state index in [-0.39, 0.29) is 0 Å². The van der Waals surface area contributed by atoms with E-state index >= 15 is 0 Å². The van der Waals surface area contributed by atoms with Crippen LogP contribution in [0.1, 0.15) is 23.1 Å². The second-order valence-corrected chi connectivity index (χ2v) is 4.22. The van der Waals surface area contributed by atoms with Gasteiger partial charge in [0.05, 0.1) is 6.20 Å². The predicted octanol–water partition coefficient (Wildman–Crippen LogP) is 2.78. The maximum Gasteiger partial charge on any atom is 0.128 e. The van der Waals surface area contributed by atoms with Crippen molar-refractivity contribution in [3.05, 3.63) is 47.3 Å². The normalized spacial score (nSPS) is 13.8. The lowest BCUT2D eigenvalue weighted by Gasteiger charge is -2.06. The minimum atomic E-state index is 0.766. The number of anilines is 1. The molecular weight excluding hydrogens is 200 g/mol. The number of nitrogens with zero attached hydrogens (tertiary/aromatic N) is 1. The number of fused-ring (bicyclic) bond motifs is 1. The van der Waals surface area contributed by atoms with E-state index in [2.05, 4.69) is 28.7 Å². The minimum Gasteiger partial charge on any atom is -0.381 e. The highest BCUT2D eigenvalue weighted by molar-refractivity contribution is 5.50. The van der Waals surface area contributed by atoms with Crippen molar-refractivity contribution in [2.75, 3.05) is 5.32 Å². The predicted molar refractivity (Wildman–Crippen MR) is 62.3 cm³/mol. The van der Waals surface area contributed by atoms with Crippen LogP contribution in [0.2, 0.25) is 0 Å². The van der Waals surface area contributed by atoms with Crippen LogP contribution in [-0.2, 0) is 19.4 Å². The summed E-state index contributed by atoms with van der Waals surface area (Å²) in [6.07, 6.45) is 7.16. The Labute approximate surface area is 94.5 Å². The van der Waals surface area contributed by atoms with E-state index in [1.165, 1.54) is 36.1 Å². The van der Waals surface area contributed by atoms with Gasteiger partial charge in [-0.1, -0.05) is 11.2 Å². The van der Waals surface area contributed by atoms with Crippen LogP contribution in [-0.4, -0.2) is 5.16 Å². The average Bonchev–Trinajstić information content (AvgIpc) is 2.97. The molecule has 1 aliphatic rings. The van der Waals surface area contributed by atoms with Gasteiger partial charge in [-0.25, -0.2) is 0 Å². The van der Waals surface area contributed by atoms with Crippen molar-refractivity contribution in [2.24, 2.45) is 0 Å². The van der Waals surface area contributed by atoms with Gasteiger partial charge in [-0.3, -0.25) is 0 Å². The lowest BCUT2D eigenvalue weighted by Crippen LogP contribution is -1.98. The van der Waals surface area contributed by atoms with Gasteiger partial charge < -0.3 is 9.84 Å². The number of hydrogen-bond acceptors (Lipinski definition) is 3. The molecular formula is C13H14N2O. The second-order valence-electron chi connectivity index (χ2n) is 4.22. The molecule has 0 spiro atoms. The summed E-state index contributed by atoms with van der Waals surface area (Å²) in [6.45, 7) is 0.766. The minimum absolute atomic E-state index is 0.766. The summed E-state index contributed by atoms with van der Waals surface area (Å²) in [5.74, 6) is 0. The van der Waals surface area contributed by atoms with Gasteiger partial charge in [0.25, 0.3) is 0 Å². The summed E-state index contributed by atoms with van der Waals surface area (Å²) in [7, 11) is 0. The molecule has 1 aromatic carbocycles. The maximum atomic E-state index is 4.79. The van der Waals surface area contributed by atoms with Crippen LogP contribution >= 0.6 is 0 Å². The van der Waals surface area contributed by atoms with Gasteiger partial charge in [-0.05, 0) is 42.5 Å². The topological polar surface area (TPSA) is 38.1 Å². The van der Waals surface area contributed by atoms with E-state index in [0.717, 1.165) is 12.1 Å². The van der Waals surface area contributed by atoms with E-state index < -0.39 is 0 Å². The zero-order valence-electron chi connectivity index (χ0n) is 9.07. The van der Waals surface area contributed by atoms with Crippen LogP contribution in [0.4, 0.5) is 5.69 Å². The van der Waals surface area contributed by atoms with Gasteiger partial charge in [-0.15, -0.1) is 0 Å². The Morgan fingerprint density at radius 1 is 1.25 bits per heavy atom. The summed E-state index contributed by atoms with van der Waals surface area (Å²) in [6, 6.07) is 6.64. The van der Waals surface area contributed by atoms with E-state index in [1.54, 1.807) is 12.5 Å². The van der Waals surface area contributed by atoms with Crippen molar-refractivity contribution in [3.8, 4) is 0 Å². The van der Waals surface area contributed by atoms with Crippen molar-refractivity contribution in [1.29, 1.82) is 0 Å². The van der Waals surface area contributed by atoms with Gasteiger partial charge in [0.2, 0.25) is 0 Å². The number of benzene rings is 1. The molecule has 0 atom stereocenters. The van der Waals surface area contributed by atoms with Crippen molar-refractivity contribution in [1.82, 2.24) is 5.16 Å². The standard InChI is InChI=1S/C13H14N2O/c1-2-11-4-5-13(6-12(11)3-1)14-7-10-8-15-16-9-10/h4-6,8-9,14H,1-3,7H2. The van der Waals surface area contributed by atoms with Crippen LogP contribution in [0.5, 0.6) is 0 Å². The molecule has 2 aromatic rings. The highest BCUT2D eigenvalue weighted by atomic mass is 16.5. The van der Waals surface area contributed by atoms with Gasteiger partial charge in [0.1, 0.15) is 6.26 Å². The molecule has 0 aliphatic heterocycles. The number of nitrogens with one attached hydrogen (secondary N) is 1. The first-order valence-electron chi connectivity index (χ1n) is 5.66. The monoisotopic (exact) mass is 214 g/mol. The van der Waals surface area contributed by atoms with Gasteiger partial charge in [-0.2, -0.15) is 0 Å². The summed E-state index contributed by atoms with van der Waals surface area (Å²) < 4.78 is 4.79. The van der Waals surface area contributed by atoms with E-state index in [4.69, 9.17) is 4.52 Å². The molecule has 3 heteroatoms. The van der Waals surface area contributed by atoms with Gasteiger partial charge >= 0.3 is 0 Å². The molecule has 0 unspecified atom stereocenters. The Hall–Kier alpha value is -1.77. The summed E-state index contributed by atoms with van der Waals surface area (Å²) >= 11 is 0. The fraction of sp³-hybridized carbons (Fsp3) is 0.308. The number of aryl methyl sites for hydroxylation is 2. The molecule has 0 bridgehead atoms. The first kappa shape index (κ1) is 9.46. The third-order valence-corrected chi connectivity index (χ3v) is 3.08. The lowest BCUT2D eigenvalue weighted by atomic mass is 10.1. The Balaban J connectivity index is 1.71. The average molecular weight is 214 g/mol. The van der Waals surface area contributed by atoms with Crippen molar-refractivity contribution in [3.63, 3.8) is 0 Å². The molecule has 16 heavy (non-hydrogen) atoms. The van der Waals surface area contributed by atoms with Crippen LogP contribution < -0.4 is 5.32 Å². The summed E-state index contributed by atoms with van der Waals surface area (Å²) in [5, 5.41) is 7.05. The second kappa shape index (κ2) is 4.00. The largest absolute Gasteiger partial charge is 0.381 e. The third-order valence-electron chi connectivity index (χ3n) is 3.08. The fourth-order valence-electron chi connectivity index (χ4n) is 2.20. The zero-order chi connectivity index (χ0) is 10.8. The first-order chi connectivity index (χ1) is 7.92. The molecule has 82 valence electrons. The Morgan fingerprint density at radius 2 is 2.19 bits per heavy atom. The molecule has 0 saturated carbocycles. The molecule has 1 aromatic heterocycles. The van der Waals surface area contributed by atoms with E-state index in [1.807, 2.05) is 0 Å². The van der Waals surface area contributed by atoms with Gasteiger partial charge in [0.15, 0.2) is 0 Å². The van der Waals surface area contributed by atoms with Crippen molar-refractivity contribution >= 4 is 5.69 Å². The number of rotatable bonds is 3. The first-order valence-corrected chi connectivity index (χ1v) is 5.66. The van der Waals surface area contributed by atoms with E-state index in [0.29, 0.717) is 0 Å². The van der Waals surface area contributed by atoms with Crippen molar-refractivity contribution in [2.45, 2.75) is 25.8 Å². The third kappa shape index (κ3) is 1.81. The van der Waals surface area contributed by atoms with Crippen LogP contribution in [0.3, 0.4) is 0 Å². The van der Waals surface area contributed by atoms with Crippen molar-refractivity contribution < 1.29 is 4.52 Å². The molecule has 0 amide bonds. The molecule has 0 radical (unpaired) electrons. The molecule has 1 N–H and O–H groups in total. The smallest absolute Gasteiger partial charge is 0.128 e. The van der Waals surface area contributed by atoms with Crippen LogP contribution in [0.25, 0.3) is 0 Å². The number of aromatic nitrogens is 1. The summed E-state index contributed by atoms with van der Waals surface area (Å²) in [5.41, 5.74) is 5.26. The fourth-order valence-corrected chi connectivity index (χ4v) is 2.20. The van der Waals surface area contributed by atoms with Gasteiger partial charge in [0, 0.05) is 17.8 Å². The summed E-state index contributed by atoms with van der Waals surface area (Å²) in [4.78, 5) is 0. The highest BCUT2D eigenvalue weighted by Crippen LogP contribution is 2.25. The zero-order valence-corrected chi connectivity index (χ0v) is 9.07. The molecule has 0 saturated heterocycles. The molecule has 1 heterocycles. The Kier molecular flexibility index (Phi) is 2.37. The molecule has 0 fully saturated rings. The molecule has 3 nitrogen and oxygen atoms in total. The van der Waals surface area contributed by atoms with Crippen LogP contribution in [0, 0.1) is 0 Å². The number of hydrogen-bond donors (Lipinski definition) is 1. The molecule has 3 rings (SSSR count). The van der Waals surface area contributed by atoms with Crippen LogP contribution in [0.15, 0.2) is 35.2 Å². The SMILES string of the molecule is c1nocc1CNc1ccc2c(c1)CCC2. The quantitative estimate of drug-likeness (QED) is 0.853.